The van der Waals surface area contributed by atoms with Crippen molar-refractivity contribution >= 4 is 28.7 Å². The van der Waals surface area contributed by atoms with E-state index in [0.29, 0.717) is 55.6 Å². The molecule has 0 fully saturated rings. The van der Waals surface area contributed by atoms with Crippen molar-refractivity contribution < 1.29 is 46.8 Å². The van der Waals surface area contributed by atoms with Gasteiger partial charge in [0, 0.05) is 21.7 Å². The molecule has 0 aliphatic heterocycles. The molecule has 0 spiro atoms. The first-order chi connectivity index (χ1) is 21.6. The van der Waals surface area contributed by atoms with Gasteiger partial charge in [0.05, 0.1) is 18.7 Å². The SMILES string of the molecule is CCCCCCCOC(=O)OCOc1c(-c2ccc(Oc3ccc(OC(F)(F)F)cc3)cc2)c(C)nc2cc(CO)c(Cl)cc12. The lowest BCUT2D eigenvalue weighted by Gasteiger charge is -2.18. The topological polar surface area (TPSA) is 96.3 Å². The zero-order valence-electron chi connectivity index (χ0n) is 24.8. The number of aliphatic hydroxyl groups is 1. The number of alkyl halides is 3. The van der Waals surface area contributed by atoms with Crippen molar-refractivity contribution in [3.63, 3.8) is 0 Å². The van der Waals surface area contributed by atoms with Gasteiger partial charge in [0.1, 0.15) is 23.0 Å². The zero-order valence-corrected chi connectivity index (χ0v) is 25.5. The average Bonchev–Trinajstić information content (AvgIpc) is 3.00. The van der Waals surface area contributed by atoms with Crippen LogP contribution in [0.4, 0.5) is 18.0 Å². The molecule has 1 N–H and O–H groups in total. The van der Waals surface area contributed by atoms with Gasteiger partial charge in [-0.2, -0.15) is 0 Å². The van der Waals surface area contributed by atoms with Crippen LogP contribution in [-0.4, -0.2) is 36.0 Å². The summed E-state index contributed by atoms with van der Waals surface area (Å²) < 4.78 is 63.3. The van der Waals surface area contributed by atoms with Crippen LogP contribution in [0, 0.1) is 6.92 Å². The van der Waals surface area contributed by atoms with Crippen molar-refractivity contribution in [3.8, 4) is 34.1 Å². The molecule has 3 aromatic carbocycles. The minimum absolute atomic E-state index is 0.255. The highest BCUT2D eigenvalue weighted by Gasteiger charge is 2.31. The van der Waals surface area contributed by atoms with E-state index in [1.807, 2.05) is 0 Å². The number of rotatable bonds is 14. The molecule has 0 radical (unpaired) electrons. The van der Waals surface area contributed by atoms with Crippen LogP contribution in [0.2, 0.25) is 5.02 Å². The molecule has 1 aromatic heterocycles. The minimum Gasteiger partial charge on any atom is -0.457 e. The van der Waals surface area contributed by atoms with Crippen LogP contribution >= 0.6 is 11.6 Å². The summed E-state index contributed by atoms with van der Waals surface area (Å²) in [7, 11) is 0. The van der Waals surface area contributed by atoms with Gasteiger partial charge in [-0.25, -0.2) is 4.79 Å². The first kappa shape index (κ1) is 33.7. The van der Waals surface area contributed by atoms with Crippen molar-refractivity contribution in [1.82, 2.24) is 4.98 Å². The van der Waals surface area contributed by atoms with Crippen LogP contribution in [0.1, 0.15) is 50.3 Å². The molecule has 0 saturated heterocycles. The van der Waals surface area contributed by atoms with Gasteiger partial charge in [-0.05, 0) is 73.0 Å². The molecule has 8 nitrogen and oxygen atoms in total. The fourth-order valence-electron chi connectivity index (χ4n) is 4.60. The second-order valence-corrected chi connectivity index (χ2v) is 10.5. The Morgan fingerprint density at radius 1 is 0.911 bits per heavy atom. The number of aliphatic hydroxyl groups excluding tert-OH is 1. The van der Waals surface area contributed by atoms with Gasteiger partial charge in [-0.3, -0.25) is 4.98 Å². The standard InChI is InChI=1S/C33H33ClF3NO7/c1-3-4-5-6-7-16-41-32(40)43-20-42-31-27-18-28(34)23(19-39)17-29(27)38-21(2)30(31)22-8-10-24(11-9-22)44-25-12-14-26(15-13-25)45-33(35,36)37/h8-15,17-18,39H,3-7,16,19-20H2,1-2H3. The summed E-state index contributed by atoms with van der Waals surface area (Å²) in [4.78, 5) is 16.9. The Kier molecular flexibility index (Phi) is 11.7. The van der Waals surface area contributed by atoms with Gasteiger partial charge < -0.3 is 28.8 Å². The molecule has 4 aromatic rings. The molecule has 0 unspecified atom stereocenters. The van der Waals surface area contributed by atoms with Gasteiger partial charge in [0.15, 0.2) is 0 Å². The Bertz CT molecular complexity index is 1580. The summed E-state index contributed by atoms with van der Waals surface area (Å²) >= 11 is 6.41. The molecule has 4 rings (SSSR count). The summed E-state index contributed by atoms with van der Waals surface area (Å²) in [5, 5.41) is 10.5. The van der Waals surface area contributed by atoms with Crippen molar-refractivity contribution in [3.05, 3.63) is 76.9 Å². The lowest BCUT2D eigenvalue weighted by atomic mass is 9.99. The van der Waals surface area contributed by atoms with Crippen LogP contribution in [-0.2, 0) is 16.1 Å². The number of carbonyl (C=O) groups excluding carboxylic acids is 1. The Morgan fingerprint density at radius 2 is 1.56 bits per heavy atom. The number of nitrogens with zero attached hydrogens (tertiary/aromatic N) is 1. The molecular weight excluding hydrogens is 615 g/mol. The third kappa shape index (κ3) is 9.63. The largest absolute Gasteiger partial charge is 0.573 e. The zero-order chi connectivity index (χ0) is 32.4. The number of hydrogen-bond acceptors (Lipinski definition) is 8. The van der Waals surface area contributed by atoms with Gasteiger partial charge in [-0.1, -0.05) is 56.3 Å². The van der Waals surface area contributed by atoms with Crippen LogP contribution in [0.3, 0.4) is 0 Å². The molecule has 240 valence electrons. The van der Waals surface area contributed by atoms with Gasteiger partial charge in [0.25, 0.3) is 0 Å². The monoisotopic (exact) mass is 647 g/mol. The Balaban J connectivity index is 1.53. The number of unbranched alkanes of at least 4 members (excludes halogenated alkanes) is 4. The summed E-state index contributed by atoms with van der Waals surface area (Å²) in [5.41, 5.74) is 2.89. The predicted molar refractivity (Wildman–Crippen MR) is 163 cm³/mol. The fourth-order valence-corrected chi connectivity index (χ4v) is 4.82. The molecule has 0 aliphatic rings. The normalized spacial score (nSPS) is 11.4. The lowest BCUT2D eigenvalue weighted by Crippen LogP contribution is -2.16. The van der Waals surface area contributed by atoms with E-state index < -0.39 is 19.3 Å². The maximum atomic E-state index is 12.4. The highest BCUT2D eigenvalue weighted by molar-refractivity contribution is 6.32. The number of carbonyl (C=O) groups is 1. The number of aryl methyl sites for hydroxylation is 1. The first-order valence-electron chi connectivity index (χ1n) is 14.4. The molecule has 0 saturated carbocycles. The first-order valence-corrected chi connectivity index (χ1v) is 14.8. The second-order valence-electron chi connectivity index (χ2n) is 10.1. The van der Waals surface area contributed by atoms with E-state index in [9.17, 15) is 23.1 Å². The van der Waals surface area contributed by atoms with E-state index in [0.717, 1.165) is 44.2 Å². The van der Waals surface area contributed by atoms with E-state index in [4.69, 9.17) is 35.5 Å². The molecular formula is C33H33ClF3NO7. The minimum atomic E-state index is -4.79. The molecule has 0 atom stereocenters. The molecule has 1 heterocycles. The van der Waals surface area contributed by atoms with E-state index in [2.05, 4.69) is 11.7 Å². The van der Waals surface area contributed by atoms with Crippen LogP contribution in [0.15, 0.2) is 60.7 Å². The molecule has 0 amide bonds. The van der Waals surface area contributed by atoms with Crippen LogP contribution < -0.4 is 14.2 Å². The summed E-state index contributed by atoms with van der Waals surface area (Å²) in [5.74, 6) is 0.728. The van der Waals surface area contributed by atoms with Crippen molar-refractivity contribution in [2.24, 2.45) is 0 Å². The summed E-state index contributed by atoms with van der Waals surface area (Å²) in [6, 6.07) is 15.2. The third-order valence-electron chi connectivity index (χ3n) is 6.74. The predicted octanol–water partition coefficient (Wildman–Crippen LogP) is 9.51. The highest BCUT2D eigenvalue weighted by atomic mass is 35.5. The van der Waals surface area contributed by atoms with Gasteiger partial charge in [0.2, 0.25) is 6.79 Å². The van der Waals surface area contributed by atoms with Gasteiger partial charge >= 0.3 is 12.5 Å². The van der Waals surface area contributed by atoms with Crippen molar-refractivity contribution in [1.29, 1.82) is 0 Å². The smallest absolute Gasteiger partial charge is 0.457 e. The number of aromatic nitrogens is 1. The van der Waals surface area contributed by atoms with Crippen molar-refractivity contribution in [2.75, 3.05) is 13.4 Å². The Morgan fingerprint density at radius 3 is 2.20 bits per heavy atom. The maximum Gasteiger partial charge on any atom is 0.573 e. The number of ether oxygens (including phenoxy) is 5. The quantitative estimate of drug-likeness (QED) is 0.0821. The number of pyridine rings is 1. The number of halogens is 4. The number of benzene rings is 3. The van der Waals surface area contributed by atoms with Crippen LogP contribution in [0.5, 0.6) is 23.0 Å². The van der Waals surface area contributed by atoms with E-state index in [-0.39, 0.29) is 19.0 Å². The van der Waals surface area contributed by atoms with Crippen LogP contribution in [0.25, 0.3) is 22.0 Å². The van der Waals surface area contributed by atoms with E-state index in [1.54, 1.807) is 43.3 Å². The van der Waals surface area contributed by atoms with E-state index in [1.165, 1.54) is 12.1 Å². The number of fused-ring (bicyclic) bond motifs is 1. The fraction of sp³-hybridized carbons (Fsp3) is 0.333. The average molecular weight is 648 g/mol. The number of hydrogen-bond donors (Lipinski definition) is 1. The summed E-state index contributed by atoms with van der Waals surface area (Å²) in [6.07, 6.45) is -0.579. The molecule has 12 heteroatoms. The van der Waals surface area contributed by atoms with E-state index >= 15 is 0 Å². The summed E-state index contributed by atoms with van der Waals surface area (Å²) in [6.45, 7) is 3.46. The Labute approximate surface area is 263 Å². The van der Waals surface area contributed by atoms with Gasteiger partial charge in [-0.15, -0.1) is 13.2 Å². The maximum absolute atomic E-state index is 12.4. The molecule has 0 bridgehead atoms. The second kappa shape index (κ2) is 15.7. The lowest BCUT2D eigenvalue weighted by molar-refractivity contribution is -0.274. The Hall–Kier alpha value is -4.22. The van der Waals surface area contributed by atoms with Crippen molar-refractivity contribution in [2.45, 2.75) is 58.9 Å². The highest BCUT2D eigenvalue weighted by Crippen LogP contribution is 2.41. The molecule has 45 heavy (non-hydrogen) atoms. The third-order valence-corrected chi connectivity index (χ3v) is 7.09. The molecule has 0 aliphatic carbocycles.